The number of halogens is 2. The molecule has 5 nitrogen and oxygen atoms in total. The van der Waals surface area contributed by atoms with Crippen LogP contribution in [-0.2, 0) is 4.79 Å². The first kappa shape index (κ1) is 14.0. The van der Waals surface area contributed by atoms with Crippen molar-refractivity contribution in [1.82, 2.24) is 10.2 Å². The van der Waals surface area contributed by atoms with Gasteiger partial charge in [-0.05, 0) is 19.1 Å². The van der Waals surface area contributed by atoms with Crippen LogP contribution in [0.15, 0.2) is 23.2 Å². The highest BCUT2D eigenvalue weighted by atomic mass is 35.5. The lowest BCUT2D eigenvalue weighted by atomic mass is 10.3. The van der Waals surface area contributed by atoms with Crippen LogP contribution in [0.3, 0.4) is 0 Å². The third-order valence-electron chi connectivity index (χ3n) is 2.12. The molecular weight excluding hydrogens is 309 g/mol. The second-order valence-electron chi connectivity index (χ2n) is 3.46. The van der Waals surface area contributed by atoms with Crippen LogP contribution in [0.4, 0.5) is 5.13 Å². The van der Waals surface area contributed by atoms with Crippen molar-refractivity contribution in [2.45, 2.75) is 13.0 Å². The van der Waals surface area contributed by atoms with Crippen molar-refractivity contribution in [2.75, 3.05) is 0 Å². The summed E-state index contributed by atoms with van der Waals surface area (Å²) in [5.74, 6) is 0.567. The average molecular weight is 316 g/mol. The van der Waals surface area contributed by atoms with E-state index in [0.29, 0.717) is 20.8 Å². The summed E-state index contributed by atoms with van der Waals surface area (Å²) in [6.07, 6.45) is 1.07. The predicted molar refractivity (Wildman–Crippen MR) is 73.2 cm³/mol. The molecule has 1 unspecified atom stereocenters. The zero-order valence-electron chi connectivity index (χ0n) is 9.63. The van der Waals surface area contributed by atoms with E-state index in [0.717, 1.165) is 11.3 Å². The first-order valence-electron chi connectivity index (χ1n) is 5.13. The number of benzene rings is 1. The number of carbonyl (C=O) groups excluding carboxylic acids is 1. The molecule has 98 valence electrons. The monoisotopic (exact) mass is 315 g/mol. The Kier molecular flexibility index (Phi) is 4.50. The summed E-state index contributed by atoms with van der Waals surface area (Å²) < 4.78 is 5.65. The van der Waals surface area contributed by atoms with Crippen LogP contribution in [0.1, 0.15) is 18.0 Å². The Balaban J connectivity index is 2.12. The Hall–Kier alpha value is -1.46. The molecule has 0 amide bonds. The van der Waals surface area contributed by atoms with Gasteiger partial charge in [0.2, 0.25) is 11.2 Å². The van der Waals surface area contributed by atoms with Gasteiger partial charge >= 0.3 is 0 Å². The lowest BCUT2D eigenvalue weighted by Crippen LogP contribution is -2.02. The highest BCUT2D eigenvalue weighted by Gasteiger charge is 2.14. The highest BCUT2D eigenvalue weighted by Crippen LogP contribution is 2.31. The molecule has 1 heterocycles. The molecule has 0 radical (unpaired) electrons. The summed E-state index contributed by atoms with van der Waals surface area (Å²) in [5, 5.41) is 9.31. The molecule has 0 N–H and O–H groups in total. The van der Waals surface area contributed by atoms with Gasteiger partial charge in [-0.15, -0.1) is 15.2 Å². The average Bonchev–Trinajstić information content (AvgIpc) is 2.83. The van der Waals surface area contributed by atoms with Gasteiger partial charge < -0.3 is 4.74 Å². The molecule has 0 fully saturated rings. The lowest BCUT2D eigenvalue weighted by Gasteiger charge is -2.11. The van der Waals surface area contributed by atoms with Crippen molar-refractivity contribution < 1.29 is 9.53 Å². The fraction of sp³-hybridized carbons (Fsp3) is 0.182. The first-order chi connectivity index (χ1) is 9.10. The van der Waals surface area contributed by atoms with E-state index in [4.69, 9.17) is 27.9 Å². The Bertz CT molecular complexity index is 641. The summed E-state index contributed by atoms with van der Waals surface area (Å²) in [6, 6.07) is 4.97. The number of aliphatic imine (C=N–C) groups is 1. The number of hydrogen-bond donors (Lipinski definition) is 0. The van der Waals surface area contributed by atoms with Gasteiger partial charge in [0.1, 0.15) is 11.9 Å². The maximum atomic E-state index is 10.1. The quantitative estimate of drug-likeness (QED) is 0.633. The number of nitrogens with zero attached hydrogens (tertiary/aromatic N) is 3. The Morgan fingerprint density at radius 2 is 2.16 bits per heavy atom. The molecule has 19 heavy (non-hydrogen) atoms. The number of aromatic nitrogens is 2. The Labute approximate surface area is 122 Å². The fourth-order valence-electron chi connectivity index (χ4n) is 1.28. The van der Waals surface area contributed by atoms with E-state index >= 15 is 0 Å². The van der Waals surface area contributed by atoms with E-state index < -0.39 is 0 Å². The summed E-state index contributed by atoms with van der Waals surface area (Å²) >= 11 is 12.9. The van der Waals surface area contributed by atoms with Gasteiger partial charge in [-0.3, -0.25) is 0 Å². The standard InChI is InChI=1S/C11H7Cl2N3O2S/c1-6(10-15-16-11(19-10)14-5-17)18-7-2-3-8(12)9(13)4-7/h2-4,6H,1H3. The van der Waals surface area contributed by atoms with Gasteiger partial charge in [0.15, 0.2) is 5.01 Å². The third-order valence-corrected chi connectivity index (χ3v) is 3.84. The van der Waals surface area contributed by atoms with Crippen molar-refractivity contribution in [3.8, 4) is 5.75 Å². The van der Waals surface area contributed by atoms with Crippen LogP contribution in [0, 0.1) is 0 Å². The Morgan fingerprint density at radius 3 is 2.84 bits per heavy atom. The van der Waals surface area contributed by atoms with Crippen LogP contribution in [0.5, 0.6) is 5.75 Å². The second-order valence-corrected chi connectivity index (χ2v) is 5.26. The topological polar surface area (TPSA) is 64.4 Å². The van der Waals surface area contributed by atoms with E-state index in [-0.39, 0.29) is 11.2 Å². The van der Waals surface area contributed by atoms with E-state index in [1.165, 1.54) is 6.08 Å². The van der Waals surface area contributed by atoms with Crippen LogP contribution in [0.25, 0.3) is 0 Å². The molecule has 1 atom stereocenters. The minimum atomic E-state index is -0.342. The number of hydrogen-bond acceptors (Lipinski definition) is 6. The zero-order valence-corrected chi connectivity index (χ0v) is 12.0. The molecular formula is C11H7Cl2N3O2S. The van der Waals surface area contributed by atoms with Crippen molar-refractivity contribution in [1.29, 1.82) is 0 Å². The normalized spacial score (nSPS) is 11.7. The fourth-order valence-corrected chi connectivity index (χ4v) is 2.22. The van der Waals surface area contributed by atoms with Crippen molar-refractivity contribution in [3.63, 3.8) is 0 Å². The van der Waals surface area contributed by atoms with Crippen molar-refractivity contribution in [3.05, 3.63) is 33.3 Å². The largest absolute Gasteiger partial charge is 0.483 e. The molecule has 1 aromatic carbocycles. The van der Waals surface area contributed by atoms with E-state index in [1.807, 2.05) is 0 Å². The SMILES string of the molecule is CC(Oc1ccc(Cl)c(Cl)c1)c1nnc(N=C=O)s1. The van der Waals surface area contributed by atoms with Crippen molar-refractivity contribution in [2.24, 2.45) is 4.99 Å². The molecule has 2 aromatic rings. The molecule has 8 heteroatoms. The third kappa shape index (κ3) is 3.52. The smallest absolute Gasteiger partial charge is 0.242 e. The summed E-state index contributed by atoms with van der Waals surface area (Å²) in [5.41, 5.74) is 0. The van der Waals surface area contributed by atoms with Gasteiger partial charge in [-0.1, -0.05) is 34.5 Å². The highest BCUT2D eigenvalue weighted by molar-refractivity contribution is 7.15. The molecule has 2 rings (SSSR count). The minimum absolute atomic E-state index is 0.245. The molecule has 0 saturated carbocycles. The van der Waals surface area contributed by atoms with E-state index in [2.05, 4.69) is 15.2 Å². The van der Waals surface area contributed by atoms with Gasteiger partial charge in [0.25, 0.3) is 0 Å². The van der Waals surface area contributed by atoms with Crippen LogP contribution >= 0.6 is 34.5 Å². The number of isocyanates is 1. The van der Waals surface area contributed by atoms with Crippen LogP contribution in [0.2, 0.25) is 10.0 Å². The molecule has 0 spiro atoms. The van der Waals surface area contributed by atoms with Crippen molar-refractivity contribution >= 4 is 45.8 Å². The summed E-state index contributed by atoms with van der Waals surface area (Å²) in [7, 11) is 0. The van der Waals surface area contributed by atoms with E-state index in [1.54, 1.807) is 25.1 Å². The molecule has 0 aliphatic heterocycles. The number of rotatable bonds is 4. The molecule has 0 bridgehead atoms. The van der Waals surface area contributed by atoms with Gasteiger partial charge in [-0.25, -0.2) is 4.79 Å². The summed E-state index contributed by atoms with van der Waals surface area (Å²) in [4.78, 5) is 13.5. The van der Waals surface area contributed by atoms with Crippen LogP contribution < -0.4 is 4.74 Å². The first-order valence-corrected chi connectivity index (χ1v) is 6.70. The maximum Gasteiger partial charge on any atom is 0.242 e. The lowest BCUT2D eigenvalue weighted by molar-refractivity contribution is 0.225. The molecule has 0 aliphatic carbocycles. The van der Waals surface area contributed by atoms with E-state index in [9.17, 15) is 4.79 Å². The molecule has 1 aromatic heterocycles. The number of ether oxygens (including phenoxy) is 1. The second kappa shape index (κ2) is 6.12. The molecule has 0 aliphatic rings. The summed E-state index contributed by atoms with van der Waals surface area (Å²) in [6.45, 7) is 1.80. The van der Waals surface area contributed by atoms with Gasteiger partial charge in [0, 0.05) is 6.07 Å². The molecule has 0 saturated heterocycles. The minimum Gasteiger partial charge on any atom is -0.483 e. The maximum absolute atomic E-state index is 10.1. The van der Waals surface area contributed by atoms with Gasteiger partial charge in [-0.2, -0.15) is 0 Å². The Morgan fingerprint density at radius 1 is 1.37 bits per heavy atom. The van der Waals surface area contributed by atoms with Crippen LogP contribution in [-0.4, -0.2) is 16.3 Å². The van der Waals surface area contributed by atoms with Gasteiger partial charge in [0.05, 0.1) is 10.0 Å². The predicted octanol–water partition coefficient (Wildman–Crippen LogP) is 3.95. The zero-order chi connectivity index (χ0) is 13.8.